The van der Waals surface area contributed by atoms with Gasteiger partial charge in [0.25, 0.3) is 0 Å². The molecule has 9 heteroatoms. The molecule has 0 bridgehead atoms. The Hall–Kier alpha value is -3.46. The molecule has 1 aromatic heterocycles. The van der Waals surface area contributed by atoms with E-state index in [0.717, 1.165) is 11.8 Å². The quantitative estimate of drug-likeness (QED) is 0.324. The lowest BCUT2D eigenvalue weighted by atomic mass is 9.84. The summed E-state index contributed by atoms with van der Waals surface area (Å²) in [4.78, 5) is 16.8. The Balaban J connectivity index is 1.79. The Kier molecular flexibility index (Phi) is 8.58. The van der Waals surface area contributed by atoms with Crippen molar-refractivity contribution in [1.82, 2.24) is 4.98 Å². The van der Waals surface area contributed by atoms with Crippen LogP contribution < -0.4 is 10.1 Å². The highest BCUT2D eigenvalue weighted by Crippen LogP contribution is 2.37. The van der Waals surface area contributed by atoms with E-state index in [9.17, 15) is 27.5 Å². The second-order valence-electron chi connectivity index (χ2n) is 9.65. The topological polar surface area (TPSA) is 71.5 Å². The molecule has 0 aliphatic heterocycles. The van der Waals surface area contributed by atoms with Gasteiger partial charge in [-0.25, -0.2) is 4.39 Å². The number of hydrogen-bond donors (Lipinski definition) is 2. The molecule has 0 aliphatic carbocycles. The maximum Gasteiger partial charge on any atom is 0.416 e. The minimum Gasteiger partial charge on any atom is -0.493 e. The zero-order chi connectivity index (χ0) is 27.4. The molecular weight excluding hydrogens is 488 g/mol. The molecule has 2 N–H and O–H groups in total. The summed E-state index contributed by atoms with van der Waals surface area (Å²) >= 11 is 0. The van der Waals surface area contributed by atoms with Gasteiger partial charge in [0.1, 0.15) is 11.6 Å². The van der Waals surface area contributed by atoms with Crippen molar-refractivity contribution >= 4 is 11.6 Å². The average Bonchev–Trinajstić information content (AvgIpc) is 2.81. The van der Waals surface area contributed by atoms with Crippen LogP contribution in [0.3, 0.4) is 0 Å². The molecule has 0 radical (unpaired) electrons. The molecule has 5 nitrogen and oxygen atoms in total. The lowest BCUT2D eigenvalue weighted by molar-refractivity contribution is -0.138. The number of rotatable bonds is 9. The summed E-state index contributed by atoms with van der Waals surface area (Å²) in [6.07, 6.45) is -3.41. The highest BCUT2D eigenvalue weighted by molar-refractivity contribution is 5.92. The summed E-state index contributed by atoms with van der Waals surface area (Å²) in [7, 11) is 0. The fraction of sp³-hybridized carbons (Fsp3) is 0.357. The van der Waals surface area contributed by atoms with Gasteiger partial charge in [0.2, 0.25) is 5.91 Å². The van der Waals surface area contributed by atoms with E-state index >= 15 is 0 Å². The first-order valence-corrected chi connectivity index (χ1v) is 11.8. The van der Waals surface area contributed by atoms with Crippen LogP contribution in [0, 0.1) is 18.2 Å². The number of carbonyl (C=O) groups excluding carboxylic acids is 1. The second kappa shape index (κ2) is 11.3. The predicted octanol–water partition coefficient (Wildman–Crippen LogP) is 6.36. The van der Waals surface area contributed by atoms with Gasteiger partial charge in [-0.15, -0.1) is 0 Å². The molecule has 0 spiro atoms. The van der Waals surface area contributed by atoms with Crippen LogP contribution in [0.2, 0.25) is 0 Å². The number of anilines is 1. The highest BCUT2D eigenvalue weighted by atomic mass is 19.4. The molecule has 1 heterocycles. The van der Waals surface area contributed by atoms with Gasteiger partial charge in [-0.05, 0) is 60.6 Å². The number of ether oxygens (including phenoxy) is 1. The van der Waals surface area contributed by atoms with Gasteiger partial charge in [0.15, 0.2) is 0 Å². The molecule has 0 fully saturated rings. The van der Waals surface area contributed by atoms with E-state index in [-0.39, 0.29) is 36.3 Å². The smallest absolute Gasteiger partial charge is 0.416 e. The van der Waals surface area contributed by atoms with Gasteiger partial charge in [-0.2, -0.15) is 13.2 Å². The number of alkyl halides is 3. The molecule has 0 unspecified atom stereocenters. The van der Waals surface area contributed by atoms with Gasteiger partial charge in [0.05, 0.1) is 18.6 Å². The van der Waals surface area contributed by atoms with E-state index < -0.39 is 28.9 Å². The minimum atomic E-state index is -4.64. The number of aromatic nitrogens is 1. The average molecular weight is 519 g/mol. The van der Waals surface area contributed by atoms with Crippen molar-refractivity contribution in [1.29, 1.82) is 0 Å². The molecule has 0 saturated carbocycles. The number of hydrogen-bond acceptors (Lipinski definition) is 4. The first kappa shape index (κ1) is 28.1. The summed E-state index contributed by atoms with van der Waals surface area (Å²) in [6, 6.07) is 9.65. The van der Waals surface area contributed by atoms with Crippen molar-refractivity contribution in [3.8, 4) is 16.9 Å². The zero-order valence-electron chi connectivity index (χ0n) is 21.2. The first-order chi connectivity index (χ1) is 17.3. The van der Waals surface area contributed by atoms with Crippen LogP contribution in [0.1, 0.15) is 43.2 Å². The van der Waals surface area contributed by atoms with Gasteiger partial charge >= 0.3 is 6.18 Å². The Morgan fingerprint density at radius 3 is 2.41 bits per heavy atom. The number of carbonyl (C=O) groups is 1. The van der Waals surface area contributed by atoms with Crippen molar-refractivity contribution in [2.75, 3.05) is 18.5 Å². The van der Waals surface area contributed by atoms with Crippen LogP contribution in [-0.4, -0.2) is 29.2 Å². The molecular formula is C28H30F4N2O3. The summed E-state index contributed by atoms with van der Waals surface area (Å²) in [5.74, 6) is -0.727. The standard InChI is InChI=1S/C28H30F4N2O3/c1-5-37-25-10-17(2)33-15-22(25)18-6-7-19(24(29)11-18)12-26(36)34-21-9-8-20(14-27(3,4)16-35)23(13-21)28(30,31)32/h6-11,13,15,35H,5,12,14,16H2,1-4H3,(H,34,36). The van der Waals surface area contributed by atoms with Crippen LogP contribution in [0.4, 0.5) is 23.2 Å². The zero-order valence-corrected chi connectivity index (χ0v) is 21.2. The Labute approximate surface area is 213 Å². The van der Waals surface area contributed by atoms with Gasteiger partial charge in [-0.1, -0.05) is 32.0 Å². The number of halogens is 4. The molecule has 0 aliphatic rings. The van der Waals surface area contributed by atoms with Crippen LogP contribution >= 0.6 is 0 Å². The summed E-state index contributed by atoms with van der Waals surface area (Å²) in [5, 5.41) is 11.9. The van der Waals surface area contributed by atoms with E-state index in [1.165, 1.54) is 24.3 Å². The second-order valence-corrected chi connectivity index (χ2v) is 9.65. The largest absolute Gasteiger partial charge is 0.493 e. The van der Waals surface area contributed by atoms with Crippen LogP contribution in [0.5, 0.6) is 5.75 Å². The molecule has 3 rings (SSSR count). The third kappa shape index (κ3) is 7.29. The Bertz CT molecular complexity index is 1270. The number of pyridine rings is 1. The van der Waals surface area contributed by atoms with E-state index in [4.69, 9.17) is 4.74 Å². The molecule has 3 aromatic rings. The lowest BCUT2D eigenvalue weighted by Crippen LogP contribution is -2.22. The third-order valence-corrected chi connectivity index (χ3v) is 5.81. The molecule has 2 aromatic carbocycles. The number of nitrogens with one attached hydrogen (secondary N) is 1. The summed E-state index contributed by atoms with van der Waals surface area (Å²) in [5.41, 5.74) is 0.304. The summed E-state index contributed by atoms with van der Waals surface area (Å²) in [6.45, 7) is 7.12. The van der Waals surface area contributed by atoms with Crippen LogP contribution in [0.15, 0.2) is 48.7 Å². The molecule has 37 heavy (non-hydrogen) atoms. The number of aryl methyl sites for hydroxylation is 1. The van der Waals surface area contributed by atoms with Gasteiger partial charge < -0.3 is 15.2 Å². The van der Waals surface area contributed by atoms with Crippen molar-refractivity contribution in [3.63, 3.8) is 0 Å². The van der Waals surface area contributed by atoms with Crippen molar-refractivity contribution in [2.24, 2.45) is 5.41 Å². The predicted molar refractivity (Wildman–Crippen MR) is 134 cm³/mol. The number of aliphatic hydroxyl groups excluding tert-OH is 1. The number of amides is 1. The SMILES string of the molecule is CCOc1cc(C)ncc1-c1ccc(CC(=O)Nc2ccc(CC(C)(C)CO)c(C(F)(F)F)c2)c(F)c1. The van der Waals surface area contributed by atoms with Crippen LogP contribution in [0.25, 0.3) is 11.1 Å². The van der Waals surface area contributed by atoms with Crippen molar-refractivity contribution in [2.45, 2.75) is 46.7 Å². The summed E-state index contributed by atoms with van der Waals surface area (Å²) < 4.78 is 61.6. The maximum absolute atomic E-state index is 14.9. The normalized spacial score (nSPS) is 11.9. The first-order valence-electron chi connectivity index (χ1n) is 11.8. The van der Waals surface area contributed by atoms with E-state index in [1.807, 2.05) is 13.8 Å². The highest BCUT2D eigenvalue weighted by Gasteiger charge is 2.35. The van der Waals surface area contributed by atoms with Gasteiger partial charge in [0, 0.05) is 35.8 Å². The van der Waals surface area contributed by atoms with E-state index in [0.29, 0.717) is 23.5 Å². The molecule has 198 valence electrons. The molecule has 0 atom stereocenters. The number of nitrogens with zero attached hydrogens (tertiary/aromatic N) is 1. The number of benzene rings is 2. The Morgan fingerprint density at radius 1 is 1.08 bits per heavy atom. The van der Waals surface area contributed by atoms with E-state index in [2.05, 4.69) is 10.3 Å². The molecule has 0 saturated heterocycles. The fourth-order valence-electron chi connectivity index (χ4n) is 3.91. The number of aliphatic hydroxyl groups is 1. The monoisotopic (exact) mass is 518 g/mol. The third-order valence-electron chi connectivity index (χ3n) is 5.81. The van der Waals surface area contributed by atoms with Gasteiger partial charge in [-0.3, -0.25) is 9.78 Å². The van der Waals surface area contributed by atoms with Crippen LogP contribution in [-0.2, 0) is 23.8 Å². The Morgan fingerprint density at radius 2 is 1.78 bits per heavy atom. The fourth-order valence-corrected chi connectivity index (χ4v) is 3.91. The minimum absolute atomic E-state index is 0.00560. The van der Waals surface area contributed by atoms with Crippen molar-refractivity contribution < 1.29 is 32.2 Å². The maximum atomic E-state index is 14.9. The van der Waals surface area contributed by atoms with Crippen molar-refractivity contribution in [3.05, 3.63) is 76.9 Å². The van der Waals surface area contributed by atoms with E-state index in [1.54, 1.807) is 32.2 Å². The lowest BCUT2D eigenvalue weighted by Gasteiger charge is -2.24. The molecule has 1 amide bonds.